The quantitative estimate of drug-likeness (QED) is 0.858. The Morgan fingerprint density at radius 2 is 2.30 bits per heavy atom. The fraction of sp³-hybridized carbons (Fsp3) is 0.500. The molecule has 1 unspecified atom stereocenters. The van der Waals surface area contributed by atoms with Crippen molar-refractivity contribution in [1.29, 1.82) is 0 Å². The number of rotatable bonds is 3. The minimum Gasteiger partial charge on any atom is -0.481 e. The van der Waals surface area contributed by atoms with Crippen LogP contribution in [0.25, 0.3) is 0 Å². The number of pyridine rings is 1. The number of piperidine rings is 1. The van der Waals surface area contributed by atoms with E-state index < -0.39 is 11.4 Å². The van der Waals surface area contributed by atoms with E-state index in [1.807, 2.05) is 6.92 Å². The maximum absolute atomic E-state index is 12.5. The van der Waals surface area contributed by atoms with Crippen LogP contribution in [0.3, 0.4) is 0 Å². The van der Waals surface area contributed by atoms with Gasteiger partial charge in [0.05, 0.1) is 11.0 Å². The third-order valence-electron chi connectivity index (χ3n) is 3.98. The van der Waals surface area contributed by atoms with Crippen molar-refractivity contribution in [3.05, 3.63) is 28.5 Å². The molecular weight excluding hydrogens is 324 g/mol. The first-order chi connectivity index (χ1) is 9.50. The van der Waals surface area contributed by atoms with E-state index in [1.165, 1.54) is 0 Å². The number of carbonyl (C=O) groups excluding carboxylic acids is 1. The van der Waals surface area contributed by atoms with E-state index in [0.717, 1.165) is 0 Å². The van der Waals surface area contributed by atoms with Crippen LogP contribution in [0.4, 0.5) is 0 Å². The van der Waals surface area contributed by atoms with E-state index in [2.05, 4.69) is 20.9 Å². The number of carboxylic acids is 1. The number of halogens is 1. The van der Waals surface area contributed by atoms with Crippen molar-refractivity contribution in [2.45, 2.75) is 26.2 Å². The summed E-state index contributed by atoms with van der Waals surface area (Å²) in [5.41, 5.74) is -0.340. The molecule has 20 heavy (non-hydrogen) atoms. The molecule has 0 spiro atoms. The first-order valence-electron chi connectivity index (χ1n) is 6.63. The molecule has 2 rings (SSSR count). The molecule has 1 aliphatic heterocycles. The Kier molecular flexibility index (Phi) is 4.42. The zero-order chi connectivity index (χ0) is 14.8. The van der Waals surface area contributed by atoms with E-state index in [0.29, 0.717) is 36.0 Å². The molecule has 1 amide bonds. The highest BCUT2D eigenvalue weighted by atomic mass is 79.9. The minimum atomic E-state index is -0.817. The Morgan fingerprint density at radius 1 is 1.55 bits per heavy atom. The van der Waals surface area contributed by atoms with Gasteiger partial charge in [0.2, 0.25) is 0 Å². The van der Waals surface area contributed by atoms with Crippen LogP contribution >= 0.6 is 15.9 Å². The maximum atomic E-state index is 12.5. The SMILES string of the molecule is CCC1(C(=O)O)CCCN(C(=O)c2cccnc2Br)C1. The van der Waals surface area contributed by atoms with Crippen LogP contribution in [0.5, 0.6) is 0 Å². The highest BCUT2D eigenvalue weighted by Gasteiger charge is 2.42. The lowest BCUT2D eigenvalue weighted by Gasteiger charge is -2.39. The fourth-order valence-corrected chi connectivity index (χ4v) is 3.06. The van der Waals surface area contributed by atoms with Gasteiger partial charge in [-0.25, -0.2) is 4.98 Å². The number of carbonyl (C=O) groups is 2. The van der Waals surface area contributed by atoms with Crippen LogP contribution < -0.4 is 0 Å². The molecule has 108 valence electrons. The van der Waals surface area contributed by atoms with Crippen LogP contribution in [-0.2, 0) is 4.79 Å². The first kappa shape index (κ1) is 15.0. The fourth-order valence-electron chi connectivity index (χ4n) is 2.64. The van der Waals surface area contributed by atoms with Gasteiger partial charge in [-0.2, -0.15) is 0 Å². The van der Waals surface area contributed by atoms with Gasteiger partial charge < -0.3 is 10.0 Å². The lowest BCUT2D eigenvalue weighted by molar-refractivity contribution is -0.152. The third-order valence-corrected chi connectivity index (χ3v) is 4.62. The second-order valence-electron chi connectivity index (χ2n) is 5.11. The second kappa shape index (κ2) is 5.91. The molecule has 0 bridgehead atoms. The largest absolute Gasteiger partial charge is 0.481 e. The standard InChI is InChI=1S/C14H17BrN2O3/c1-2-14(13(19)20)6-4-8-17(9-14)12(18)10-5-3-7-16-11(10)15/h3,5,7H,2,4,6,8-9H2,1H3,(H,19,20). The van der Waals surface area contributed by atoms with Crippen molar-refractivity contribution in [3.8, 4) is 0 Å². The number of nitrogens with zero attached hydrogens (tertiary/aromatic N) is 2. The summed E-state index contributed by atoms with van der Waals surface area (Å²) in [5.74, 6) is -0.980. The molecule has 1 N–H and O–H groups in total. The predicted octanol–water partition coefficient (Wildman–Crippen LogP) is 2.56. The zero-order valence-corrected chi connectivity index (χ0v) is 12.9. The van der Waals surface area contributed by atoms with Gasteiger partial charge in [-0.05, 0) is 47.3 Å². The number of likely N-dealkylation sites (tertiary alicyclic amines) is 1. The highest BCUT2D eigenvalue weighted by molar-refractivity contribution is 9.10. The molecule has 1 fully saturated rings. The van der Waals surface area contributed by atoms with Crippen LogP contribution in [0.2, 0.25) is 0 Å². The van der Waals surface area contributed by atoms with E-state index in [9.17, 15) is 14.7 Å². The van der Waals surface area contributed by atoms with Crippen LogP contribution in [0.1, 0.15) is 36.5 Å². The monoisotopic (exact) mass is 340 g/mol. The van der Waals surface area contributed by atoms with Crippen molar-refractivity contribution < 1.29 is 14.7 Å². The Balaban J connectivity index is 2.23. The molecule has 0 aliphatic carbocycles. The Labute approximate surface area is 126 Å². The molecule has 1 atom stereocenters. The molecule has 0 radical (unpaired) electrons. The van der Waals surface area contributed by atoms with E-state index in [-0.39, 0.29) is 12.5 Å². The average molecular weight is 341 g/mol. The number of hydrogen-bond acceptors (Lipinski definition) is 3. The number of hydrogen-bond donors (Lipinski definition) is 1. The van der Waals surface area contributed by atoms with Crippen LogP contribution in [-0.4, -0.2) is 40.0 Å². The summed E-state index contributed by atoms with van der Waals surface area (Å²) >= 11 is 3.26. The van der Waals surface area contributed by atoms with E-state index >= 15 is 0 Å². The molecular formula is C14H17BrN2O3. The summed E-state index contributed by atoms with van der Waals surface area (Å²) in [6.07, 6.45) is 3.46. The molecule has 1 saturated heterocycles. The van der Waals surface area contributed by atoms with Crippen molar-refractivity contribution in [2.75, 3.05) is 13.1 Å². The van der Waals surface area contributed by atoms with Crippen molar-refractivity contribution >= 4 is 27.8 Å². The number of aliphatic carboxylic acids is 1. The van der Waals surface area contributed by atoms with E-state index in [1.54, 1.807) is 23.2 Å². The lowest BCUT2D eigenvalue weighted by Crippen LogP contribution is -2.49. The number of aromatic nitrogens is 1. The Bertz CT molecular complexity index is 535. The molecule has 1 aliphatic rings. The molecule has 5 nitrogen and oxygen atoms in total. The summed E-state index contributed by atoms with van der Waals surface area (Å²) < 4.78 is 0.494. The molecule has 6 heteroatoms. The van der Waals surface area contributed by atoms with Crippen molar-refractivity contribution in [2.24, 2.45) is 5.41 Å². The van der Waals surface area contributed by atoms with Gasteiger partial charge in [-0.3, -0.25) is 9.59 Å². The predicted molar refractivity (Wildman–Crippen MR) is 77.4 cm³/mol. The molecule has 0 aromatic carbocycles. The van der Waals surface area contributed by atoms with Gasteiger partial charge in [0.1, 0.15) is 4.60 Å². The topological polar surface area (TPSA) is 70.5 Å². The summed E-state index contributed by atoms with van der Waals surface area (Å²) in [6, 6.07) is 3.40. The molecule has 1 aromatic heterocycles. The Morgan fingerprint density at radius 3 is 2.90 bits per heavy atom. The summed E-state index contributed by atoms with van der Waals surface area (Å²) in [4.78, 5) is 29.7. The molecule has 0 saturated carbocycles. The van der Waals surface area contributed by atoms with Crippen LogP contribution in [0.15, 0.2) is 22.9 Å². The van der Waals surface area contributed by atoms with Gasteiger partial charge >= 0.3 is 5.97 Å². The average Bonchev–Trinajstić information content (AvgIpc) is 2.47. The van der Waals surface area contributed by atoms with Crippen LogP contribution in [0, 0.1) is 5.41 Å². The second-order valence-corrected chi connectivity index (χ2v) is 5.86. The van der Waals surface area contributed by atoms with Gasteiger partial charge in [0.25, 0.3) is 5.91 Å². The van der Waals surface area contributed by atoms with E-state index in [4.69, 9.17) is 0 Å². The van der Waals surface area contributed by atoms with Gasteiger partial charge in [-0.1, -0.05) is 6.92 Å². The van der Waals surface area contributed by atoms with Crippen molar-refractivity contribution in [1.82, 2.24) is 9.88 Å². The van der Waals surface area contributed by atoms with Gasteiger partial charge in [0.15, 0.2) is 0 Å². The lowest BCUT2D eigenvalue weighted by atomic mass is 9.77. The smallest absolute Gasteiger partial charge is 0.311 e. The minimum absolute atomic E-state index is 0.163. The molecule has 2 heterocycles. The highest BCUT2D eigenvalue weighted by Crippen LogP contribution is 2.34. The summed E-state index contributed by atoms with van der Waals surface area (Å²) in [5, 5.41) is 9.45. The summed E-state index contributed by atoms with van der Waals surface area (Å²) in [7, 11) is 0. The normalized spacial score (nSPS) is 22.6. The summed E-state index contributed by atoms with van der Waals surface area (Å²) in [6.45, 7) is 2.72. The first-order valence-corrected chi connectivity index (χ1v) is 7.42. The maximum Gasteiger partial charge on any atom is 0.311 e. The number of amides is 1. The van der Waals surface area contributed by atoms with Crippen molar-refractivity contribution in [3.63, 3.8) is 0 Å². The van der Waals surface area contributed by atoms with Gasteiger partial charge in [0, 0.05) is 19.3 Å². The number of carboxylic acid groups (broad SMARTS) is 1. The zero-order valence-electron chi connectivity index (χ0n) is 11.3. The Hall–Kier alpha value is -1.43. The third kappa shape index (κ3) is 2.70. The molecule has 1 aromatic rings. The van der Waals surface area contributed by atoms with Gasteiger partial charge in [-0.15, -0.1) is 0 Å².